The van der Waals surface area contributed by atoms with E-state index in [4.69, 9.17) is 17.3 Å². The van der Waals surface area contributed by atoms with E-state index in [9.17, 15) is 0 Å². The van der Waals surface area contributed by atoms with Gasteiger partial charge < -0.3 is 5.73 Å². The number of pyridine rings is 1. The van der Waals surface area contributed by atoms with Crippen LogP contribution in [0.5, 0.6) is 0 Å². The summed E-state index contributed by atoms with van der Waals surface area (Å²) in [6.45, 7) is 4.31. The van der Waals surface area contributed by atoms with Crippen LogP contribution in [0.3, 0.4) is 0 Å². The molecule has 90 valence electrons. The second-order valence-electron chi connectivity index (χ2n) is 4.80. The molecule has 0 spiro atoms. The molecule has 0 unspecified atom stereocenters. The van der Waals surface area contributed by atoms with Gasteiger partial charge in [-0.2, -0.15) is 0 Å². The number of halogens is 1. The number of rotatable bonds is 3. The van der Waals surface area contributed by atoms with Crippen LogP contribution in [0.2, 0.25) is 5.15 Å². The molecule has 0 aliphatic heterocycles. The molecule has 1 heterocycles. The third-order valence-corrected chi connectivity index (χ3v) is 3.13. The fourth-order valence-corrected chi connectivity index (χ4v) is 2.29. The third-order valence-electron chi connectivity index (χ3n) is 2.83. The number of hydrogen-bond acceptors (Lipinski definition) is 2. The normalized spacial score (nSPS) is 13.2. The Morgan fingerprint density at radius 1 is 1.29 bits per heavy atom. The van der Waals surface area contributed by atoms with Crippen LogP contribution in [-0.4, -0.2) is 4.98 Å². The van der Waals surface area contributed by atoms with Gasteiger partial charge in [0.15, 0.2) is 0 Å². The second-order valence-corrected chi connectivity index (χ2v) is 5.16. The van der Waals surface area contributed by atoms with E-state index in [-0.39, 0.29) is 6.04 Å². The Bertz CT molecular complexity index is 523. The third kappa shape index (κ3) is 2.76. The highest BCUT2D eigenvalue weighted by Gasteiger charge is 2.13. The molecule has 1 aromatic heterocycles. The monoisotopic (exact) mass is 248 g/mol. The molecule has 0 bridgehead atoms. The van der Waals surface area contributed by atoms with Gasteiger partial charge in [-0.05, 0) is 24.5 Å². The summed E-state index contributed by atoms with van der Waals surface area (Å²) in [5.41, 5.74) is 8.02. The lowest BCUT2D eigenvalue weighted by molar-refractivity contribution is 0.509. The van der Waals surface area contributed by atoms with E-state index in [1.165, 1.54) is 0 Å². The number of nitrogens with two attached hydrogens (primary N) is 1. The second kappa shape index (κ2) is 5.03. The van der Waals surface area contributed by atoms with E-state index in [0.29, 0.717) is 11.1 Å². The van der Waals surface area contributed by atoms with E-state index >= 15 is 0 Å². The van der Waals surface area contributed by atoms with Crippen LogP contribution in [0.4, 0.5) is 0 Å². The zero-order valence-electron chi connectivity index (χ0n) is 10.2. The summed E-state index contributed by atoms with van der Waals surface area (Å²) < 4.78 is 0. The molecular formula is C14H17ClN2. The number of para-hydroxylation sites is 1. The zero-order valence-corrected chi connectivity index (χ0v) is 10.9. The molecule has 1 atom stereocenters. The number of hydrogen-bond donors (Lipinski definition) is 1. The first-order valence-electron chi connectivity index (χ1n) is 5.88. The summed E-state index contributed by atoms with van der Waals surface area (Å²) in [6.07, 6.45) is 0.916. The van der Waals surface area contributed by atoms with Crippen LogP contribution < -0.4 is 5.73 Å². The quantitative estimate of drug-likeness (QED) is 0.836. The molecule has 2 rings (SSSR count). The lowest BCUT2D eigenvalue weighted by atomic mass is 9.98. The SMILES string of the molecule is CC(C)C[C@@H](N)c1cc2ccccc2nc1Cl. The highest BCUT2D eigenvalue weighted by Crippen LogP contribution is 2.27. The number of aromatic nitrogens is 1. The van der Waals surface area contributed by atoms with Gasteiger partial charge in [-0.15, -0.1) is 0 Å². The van der Waals surface area contributed by atoms with Crippen molar-refractivity contribution >= 4 is 22.5 Å². The van der Waals surface area contributed by atoms with Crippen molar-refractivity contribution in [1.29, 1.82) is 0 Å². The predicted octanol–water partition coefficient (Wildman–Crippen LogP) is 3.93. The fourth-order valence-electron chi connectivity index (χ4n) is 2.00. The maximum atomic E-state index is 6.19. The number of nitrogens with zero attached hydrogens (tertiary/aromatic N) is 1. The molecule has 17 heavy (non-hydrogen) atoms. The van der Waals surface area contributed by atoms with Crippen molar-refractivity contribution in [2.75, 3.05) is 0 Å². The first-order valence-corrected chi connectivity index (χ1v) is 6.26. The maximum Gasteiger partial charge on any atom is 0.134 e. The highest BCUT2D eigenvalue weighted by molar-refractivity contribution is 6.30. The standard InChI is InChI=1S/C14H17ClN2/c1-9(2)7-12(16)11-8-10-5-3-4-6-13(10)17-14(11)15/h3-6,8-9,12H,7,16H2,1-2H3/t12-/m1/s1. The molecule has 2 aromatic rings. The van der Waals surface area contributed by atoms with E-state index in [0.717, 1.165) is 22.9 Å². The topological polar surface area (TPSA) is 38.9 Å². The average Bonchev–Trinajstić information content (AvgIpc) is 2.27. The minimum absolute atomic E-state index is 0.0420. The maximum absolute atomic E-state index is 6.19. The highest BCUT2D eigenvalue weighted by atomic mass is 35.5. The largest absolute Gasteiger partial charge is 0.324 e. The van der Waals surface area contributed by atoms with E-state index in [1.807, 2.05) is 24.3 Å². The summed E-state index contributed by atoms with van der Waals surface area (Å²) >= 11 is 6.19. The molecule has 0 aliphatic carbocycles. The minimum atomic E-state index is -0.0420. The average molecular weight is 249 g/mol. The van der Waals surface area contributed by atoms with Crippen molar-refractivity contribution in [3.8, 4) is 0 Å². The summed E-state index contributed by atoms with van der Waals surface area (Å²) in [5, 5.41) is 1.61. The van der Waals surface area contributed by atoms with Crippen LogP contribution in [0.1, 0.15) is 31.9 Å². The Morgan fingerprint density at radius 3 is 2.71 bits per heavy atom. The van der Waals surface area contributed by atoms with Crippen molar-refractivity contribution in [3.05, 3.63) is 41.0 Å². The molecule has 0 fully saturated rings. The van der Waals surface area contributed by atoms with Crippen molar-refractivity contribution in [3.63, 3.8) is 0 Å². The molecule has 3 heteroatoms. The Hall–Kier alpha value is -1.12. The smallest absolute Gasteiger partial charge is 0.134 e. The van der Waals surface area contributed by atoms with E-state index in [2.05, 4.69) is 24.9 Å². The van der Waals surface area contributed by atoms with Crippen molar-refractivity contribution in [1.82, 2.24) is 4.98 Å². The predicted molar refractivity (Wildman–Crippen MR) is 73.1 cm³/mol. The minimum Gasteiger partial charge on any atom is -0.324 e. The van der Waals surface area contributed by atoms with Gasteiger partial charge in [-0.1, -0.05) is 43.6 Å². The molecule has 2 N–H and O–H groups in total. The van der Waals surface area contributed by atoms with Crippen molar-refractivity contribution < 1.29 is 0 Å². The summed E-state index contributed by atoms with van der Waals surface area (Å²) in [7, 11) is 0. The summed E-state index contributed by atoms with van der Waals surface area (Å²) in [4.78, 5) is 4.39. The van der Waals surface area contributed by atoms with Gasteiger partial charge in [0.25, 0.3) is 0 Å². The van der Waals surface area contributed by atoms with E-state index < -0.39 is 0 Å². The fraction of sp³-hybridized carbons (Fsp3) is 0.357. The van der Waals surface area contributed by atoms with Gasteiger partial charge in [0.05, 0.1) is 5.52 Å². The molecule has 1 aromatic carbocycles. The molecule has 2 nitrogen and oxygen atoms in total. The van der Waals surface area contributed by atoms with Gasteiger partial charge in [0, 0.05) is 17.0 Å². The molecular weight excluding hydrogens is 232 g/mol. The van der Waals surface area contributed by atoms with Gasteiger partial charge >= 0.3 is 0 Å². The Labute approximate surface area is 107 Å². The zero-order chi connectivity index (χ0) is 12.4. The Morgan fingerprint density at radius 2 is 2.00 bits per heavy atom. The Balaban J connectivity index is 2.43. The van der Waals surface area contributed by atoms with Gasteiger partial charge in [-0.3, -0.25) is 0 Å². The Kier molecular flexibility index (Phi) is 3.65. The molecule has 0 radical (unpaired) electrons. The van der Waals surface area contributed by atoms with Gasteiger partial charge in [0.2, 0.25) is 0 Å². The van der Waals surface area contributed by atoms with Crippen LogP contribution >= 0.6 is 11.6 Å². The van der Waals surface area contributed by atoms with Crippen molar-refractivity contribution in [2.24, 2.45) is 11.7 Å². The molecule has 0 saturated heterocycles. The number of fused-ring (bicyclic) bond motifs is 1. The first-order chi connectivity index (χ1) is 8.08. The van der Waals surface area contributed by atoms with Crippen LogP contribution in [0.25, 0.3) is 10.9 Å². The first kappa shape index (κ1) is 12.3. The van der Waals surface area contributed by atoms with Crippen LogP contribution in [0, 0.1) is 5.92 Å². The van der Waals surface area contributed by atoms with Crippen LogP contribution in [-0.2, 0) is 0 Å². The summed E-state index contributed by atoms with van der Waals surface area (Å²) in [5.74, 6) is 0.549. The van der Waals surface area contributed by atoms with Crippen molar-refractivity contribution in [2.45, 2.75) is 26.3 Å². The lowest BCUT2D eigenvalue weighted by Gasteiger charge is -2.16. The lowest BCUT2D eigenvalue weighted by Crippen LogP contribution is -2.14. The molecule has 0 amide bonds. The van der Waals surface area contributed by atoms with Crippen LogP contribution in [0.15, 0.2) is 30.3 Å². The number of benzene rings is 1. The molecule has 0 aliphatic rings. The van der Waals surface area contributed by atoms with Gasteiger partial charge in [0.1, 0.15) is 5.15 Å². The summed E-state index contributed by atoms with van der Waals surface area (Å²) in [6, 6.07) is 9.95. The van der Waals surface area contributed by atoms with E-state index in [1.54, 1.807) is 0 Å². The molecule has 0 saturated carbocycles. The van der Waals surface area contributed by atoms with Gasteiger partial charge in [-0.25, -0.2) is 4.98 Å².